The van der Waals surface area contributed by atoms with Crippen LogP contribution in [0.15, 0.2) is 48.8 Å². The number of nitrogens with zero attached hydrogens (tertiary/aromatic N) is 3. The summed E-state index contributed by atoms with van der Waals surface area (Å²) < 4.78 is 5.35. The SMILES string of the molecule is CN(CC(=O)Nc1ccc(N2CCOCC2)cc1)C(=O)c1ccncc1. The van der Waals surface area contributed by atoms with Gasteiger partial charge in [-0.2, -0.15) is 0 Å². The summed E-state index contributed by atoms with van der Waals surface area (Å²) in [6.45, 7) is 3.18. The van der Waals surface area contributed by atoms with Gasteiger partial charge in [0.25, 0.3) is 5.91 Å². The Morgan fingerprint density at radius 3 is 2.42 bits per heavy atom. The van der Waals surface area contributed by atoms with Gasteiger partial charge in [-0.05, 0) is 36.4 Å². The number of amides is 2. The number of hydrogen-bond acceptors (Lipinski definition) is 5. The smallest absolute Gasteiger partial charge is 0.254 e. The normalized spacial score (nSPS) is 14.0. The quantitative estimate of drug-likeness (QED) is 0.883. The Morgan fingerprint density at radius 2 is 1.77 bits per heavy atom. The Hall–Kier alpha value is -2.93. The molecule has 2 amide bonds. The van der Waals surface area contributed by atoms with Gasteiger partial charge in [-0.1, -0.05) is 0 Å². The topological polar surface area (TPSA) is 74.8 Å². The van der Waals surface area contributed by atoms with Crippen molar-refractivity contribution >= 4 is 23.2 Å². The lowest BCUT2D eigenvalue weighted by Crippen LogP contribution is -2.36. The molecule has 7 nitrogen and oxygen atoms in total. The zero-order chi connectivity index (χ0) is 18.4. The molecule has 0 saturated carbocycles. The molecular formula is C19H22N4O3. The average molecular weight is 354 g/mol. The highest BCUT2D eigenvalue weighted by Crippen LogP contribution is 2.19. The van der Waals surface area contributed by atoms with Gasteiger partial charge in [-0.15, -0.1) is 0 Å². The van der Waals surface area contributed by atoms with Crippen LogP contribution >= 0.6 is 0 Å². The summed E-state index contributed by atoms with van der Waals surface area (Å²) in [5, 5.41) is 2.82. The van der Waals surface area contributed by atoms with E-state index >= 15 is 0 Å². The van der Waals surface area contributed by atoms with Crippen molar-refractivity contribution in [2.45, 2.75) is 0 Å². The first-order valence-electron chi connectivity index (χ1n) is 8.51. The van der Waals surface area contributed by atoms with Crippen LogP contribution in [0.25, 0.3) is 0 Å². The number of carbonyl (C=O) groups is 2. The number of ether oxygens (including phenoxy) is 1. The molecule has 1 aromatic carbocycles. The van der Waals surface area contributed by atoms with Crippen LogP contribution in [-0.4, -0.2) is 61.6 Å². The van der Waals surface area contributed by atoms with Crippen LogP contribution in [0.5, 0.6) is 0 Å². The fraction of sp³-hybridized carbons (Fsp3) is 0.316. The fourth-order valence-electron chi connectivity index (χ4n) is 2.78. The van der Waals surface area contributed by atoms with Crippen molar-refractivity contribution in [2.24, 2.45) is 0 Å². The van der Waals surface area contributed by atoms with Gasteiger partial charge in [0, 0.05) is 49.5 Å². The molecule has 26 heavy (non-hydrogen) atoms. The molecule has 1 aliphatic rings. The van der Waals surface area contributed by atoms with E-state index in [-0.39, 0.29) is 18.4 Å². The minimum Gasteiger partial charge on any atom is -0.378 e. The van der Waals surface area contributed by atoms with Gasteiger partial charge in [-0.25, -0.2) is 0 Å². The number of morpholine rings is 1. The minimum atomic E-state index is -0.242. The second-order valence-corrected chi connectivity index (χ2v) is 6.09. The van der Waals surface area contributed by atoms with Gasteiger partial charge < -0.3 is 19.9 Å². The van der Waals surface area contributed by atoms with Crippen LogP contribution in [-0.2, 0) is 9.53 Å². The zero-order valence-electron chi connectivity index (χ0n) is 14.7. The van der Waals surface area contributed by atoms with Gasteiger partial charge in [-0.3, -0.25) is 14.6 Å². The van der Waals surface area contributed by atoms with Gasteiger partial charge in [0.1, 0.15) is 0 Å². The zero-order valence-corrected chi connectivity index (χ0v) is 14.7. The molecule has 7 heteroatoms. The van der Waals surface area contributed by atoms with Crippen LogP contribution in [0.2, 0.25) is 0 Å². The summed E-state index contributed by atoms with van der Waals surface area (Å²) in [5.41, 5.74) is 2.32. The van der Waals surface area contributed by atoms with Crippen molar-refractivity contribution in [3.63, 3.8) is 0 Å². The molecule has 2 heterocycles. The van der Waals surface area contributed by atoms with Gasteiger partial charge in [0.05, 0.1) is 19.8 Å². The van der Waals surface area contributed by atoms with E-state index in [4.69, 9.17) is 4.74 Å². The highest BCUT2D eigenvalue weighted by atomic mass is 16.5. The van der Waals surface area contributed by atoms with E-state index in [1.54, 1.807) is 31.6 Å². The van der Waals surface area contributed by atoms with E-state index in [9.17, 15) is 9.59 Å². The molecule has 0 spiro atoms. The highest BCUT2D eigenvalue weighted by molar-refractivity contribution is 5.99. The first kappa shape index (κ1) is 17.9. The minimum absolute atomic E-state index is 0.0215. The molecule has 2 aromatic rings. The Balaban J connectivity index is 1.53. The molecule has 0 bridgehead atoms. The lowest BCUT2D eigenvalue weighted by molar-refractivity contribution is -0.116. The number of anilines is 2. The third-order valence-corrected chi connectivity index (χ3v) is 4.18. The summed E-state index contributed by atoms with van der Waals surface area (Å²) in [4.78, 5) is 32.0. The summed E-state index contributed by atoms with van der Waals surface area (Å²) >= 11 is 0. The van der Waals surface area contributed by atoms with Crippen LogP contribution < -0.4 is 10.2 Å². The third-order valence-electron chi connectivity index (χ3n) is 4.18. The molecule has 3 rings (SSSR count). The Bertz CT molecular complexity index is 743. The molecule has 0 aliphatic carbocycles. The van der Waals surface area contributed by atoms with E-state index in [0.717, 1.165) is 32.0 Å². The predicted octanol–water partition coefficient (Wildman–Crippen LogP) is 1.63. The lowest BCUT2D eigenvalue weighted by atomic mass is 10.2. The van der Waals surface area contributed by atoms with Crippen LogP contribution in [0.4, 0.5) is 11.4 Å². The summed E-state index contributed by atoms with van der Waals surface area (Å²) in [5.74, 6) is -0.459. The number of aromatic nitrogens is 1. The molecule has 1 aliphatic heterocycles. The summed E-state index contributed by atoms with van der Waals surface area (Å²) in [7, 11) is 1.60. The number of likely N-dealkylation sites (N-methyl/N-ethyl adjacent to an activating group) is 1. The maximum absolute atomic E-state index is 12.3. The Labute approximate surface area is 152 Å². The van der Waals surface area contributed by atoms with Crippen molar-refractivity contribution in [1.82, 2.24) is 9.88 Å². The van der Waals surface area contributed by atoms with Crippen molar-refractivity contribution in [2.75, 3.05) is 50.1 Å². The molecule has 1 N–H and O–H groups in total. The van der Waals surface area contributed by atoms with Gasteiger partial charge in [0.15, 0.2) is 0 Å². The number of rotatable bonds is 5. The van der Waals surface area contributed by atoms with E-state index in [1.165, 1.54) is 4.90 Å². The van der Waals surface area contributed by atoms with Crippen LogP contribution in [0.1, 0.15) is 10.4 Å². The van der Waals surface area contributed by atoms with E-state index < -0.39 is 0 Å². The number of benzene rings is 1. The standard InChI is InChI=1S/C19H22N4O3/c1-22(19(25)15-6-8-20-9-7-15)14-18(24)21-16-2-4-17(5-3-16)23-10-12-26-13-11-23/h2-9H,10-14H2,1H3,(H,21,24). The predicted molar refractivity (Wildman–Crippen MR) is 99.3 cm³/mol. The monoisotopic (exact) mass is 354 g/mol. The molecule has 136 valence electrons. The first-order valence-corrected chi connectivity index (χ1v) is 8.51. The second-order valence-electron chi connectivity index (χ2n) is 6.09. The Morgan fingerprint density at radius 1 is 1.12 bits per heavy atom. The van der Waals surface area contributed by atoms with Crippen LogP contribution in [0.3, 0.4) is 0 Å². The number of hydrogen-bond donors (Lipinski definition) is 1. The third kappa shape index (κ3) is 4.58. The maximum atomic E-state index is 12.3. The molecular weight excluding hydrogens is 332 g/mol. The van der Waals surface area contributed by atoms with E-state index in [1.807, 2.05) is 24.3 Å². The largest absolute Gasteiger partial charge is 0.378 e. The van der Waals surface area contributed by atoms with Gasteiger partial charge >= 0.3 is 0 Å². The van der Waals surface area contributed by atoms with Crippen LogP contribution in [0, 0.1) is 0 Å². The second kappa shape index (κ2) is 8.44. The molecule has 0 unspecified atom stereocenters. The fourth-order valence-corrected chi connectivity index (χ4v) is 2.78. The number of pyridine rings is 1. The molecule has 1 saturated heterocycles. The van der Waals surface area contributed by atoms with E-state index in [2.05, 4.69) is 15.2 Å². The van der Waals surface area contributed by atoms with Crippen molar-refractivity contribution in [3.05, 3.63) is 54.4 Å². The molecule has 1 aromatic heterocycles. The number of carbonyl (C=O) groups excluding carboxylic acids is 2. The lowest BCUT2D eigenvalue weighted by Gasteiger charge is -2.28. The van der Waals surface area contributed by atoms with Crippen molar-refractivity contribution in [3.8, 4) is 0 Å². The van der Waals surface area contributed by atoms with Crippen molar-refractivity contribution < 1.29 is 14.3 Å². The summed E-state index contributed by atoms with van der Waals surface area (Å²) in [6.07, 6.45) is 3.11. The maximum Gasteiger partial charge on any atom is 0.254 e. The number of nitrogens with one attached hydrogen (secondary N) is 1. The first-order chi connectivity index (χ1) is 12.6. The molecule has 0 atom stereocenters. The Kier molecular flexibility index (Phi) is 5.80. The van der Waals surface area contributed by atoms with Crippen molar-refractivity contribution in [1.29, 1.82) is 0 Å². The average Bonchev–Trinajstić information content (AvgIpc) is 2.69. The summed E-state index contributed by atoms with van der Waals surface area (Å²) in [6, 6.07) is 10.9. The molecule has 1 fully saturated rings. The van der Waals surface area contributed by atoms with E-state index in [0.29, 0.717) is 11.3 Å². The molecule has 0 radical (unpaired) electrons. The van der Waals surface area contributed by atoms with Gasteiger partial charge in [0.2, 0.25) is 5.91 Å². The highest BCUT2D eigenvalue weighted by Gasteiger charge is 2.15.